The minimum Gasteiger partial charge on any atom is -0.326 e. The van der Waals surface area contributed by atoms with Gasteiger partial charge >= 0.3 is 0 Å². The molecule has 8 nitrogen and oxygen atoms in total. The number of hydrogen-bond donors (Lipinski definition) is 1. The van der Waals surface area contributed by atoms with Crippen molar-refractivity contribution in [2.45, 2.75) is 32.2 Å². The van der Waals surface area contributed by atoms with Gasteiger partial charge in [-0.1, -0.05) is 12.1 Å². The number of allylic oxidation sites excluding steroid dienone is 3. The molecular formula is C33H24F2N4O4. The third-order valence-electron chi connectivity index (χ3n) is 7.39. The van der Waals surface area contributed by atoms with Crippen LogP contribution >= 0.6 is 0 Å². The number of carbonyl (C=O) groups excluding carboxylic acids is 3. The van der Waals surface area contributed by atoms with Crippen molar-refractivity contribution in [1.82, 2.24) is 9.55 Å². The summed E-state index contributed by atoms with van der Waals surface area (Å²) in [5.41, 5.74) is 3.43. The van der Waals surface area contributed by atoms with Gasteiger partial charge in [-0.05, 0) is 70.8 Å². The fourth-order valence-electron chi connectivity index (χ4n) is 5.24. The van der Waals surface area contributed by atoms with Crippen molar-refractivity contribution < 1.29 is 23.2 Å². The molecule has 0 atom stereocenters. The molecule has 6 rings (SSSR count). The second-order valence-electron chi connectivity index (χ2n) is 10.4. The van der Waals surface area contributed by atoms with E-state index in [9.17, 15) is 28.0 Å². The van der Waals surface area contributed by atoms with E-state index in [0.717, 1.165) is 28.8 Å². The zero-order chi connectivity index (χ0) is 30.1. The lowest BCUT2D eigenvalue weighted by Gasteiger charge is -2.12. The summed E-state index contributed by atoms with van der Waals surface area (Å²) in [7, 11) is 0. The molecule has 2 aromatic carbocycles. The van der Waals surface area contributed by atoms with E-state index in [1.54, 1.807) is 42.7 Å². The molecule has 2 aliphatic rings. The highest BCUT2D eigenvalue weighted by atomic mass is 19.2. The Kier molecular flexibility index (Phi) is 7.41. The summed E-state index contributed by atoms with van der Waals surface area (Å²) in [5.74, 6) is -3.04. The van der Waals surface area contributed by atoms with Crippen LogP contribution in [-0.2, 0) is 22.6 Å². The first kappa shape index (κ1) is 27.8. The molecule has 4 aromatic rings. The Bertz CT molecular complexity index is 1990. The van der Waals surface area contributed by atoms with Crippen LogP contribution in [0.5, 0.6) is 0 Å². The summed E-state index contributed by atoms with van der Waals surface area (Å²) < 4.78 is 28.5. The van der Waals surface area contributed by atoms with Crippen LogP contribution < -0.4 is 10.9 Å². The number of ketones is 2. The number of amides is 1. The molecule has 2 aromatic heterocycles. The van der Waals surface area contributed by atoms with Crippen LogP contribution in [0.3, 0.4) is 0 Å². The molecule has 0 unspecified atom stereocenters. The van der Waals surface area contributed by atoms with Gasteiger partial charge in [0.05, 0.1) is 12.1 Å². The normalized spacial score (nSPS) is 14.8. The summed E-state index contributed by atoms with van der Waals surface area (Å²) >= 11 is 0. The first-order valence-electron chi connectivity index (χ1n) is 13.6. The number of anilines is 1. The van der Waals surface area contributed by atoms with E-state index in [1.165, 1.54) is 22.9 Å². The van der Waals surface area contributed by atoms with Gasteiger partial charge in [-0.25, -0.2) is 13.8 Å². The maximum absolute atomic E-state index is 13.8. The first-order chi connectivity index (χ1) is 20.8. The lowest BCUT2D eigenvalue weighted by atomic mass is 10.0. The van der Waals surface area contributed by atoms with Crippen molar-refractivity contribution >= 4 is 46.0 Å². The van der Waals surface area contributed by atoms with Gasteiger partial charge in [0.25, 0.3) is 5.56 Å². The average Bonchev–Trinajstić information content (AvgIpc) is 3.62. The van der Waals surface area contributed by atoms with Gasteiger partial charge in [0.15, 0.2) is 23.2 Å². The van der Waals surface area contributed by atoms with Crippen molar-refractivity contribution in [3.63, 3.8) is 0 Å². The maximum atomic E-state index is 13.8. The monoisotopic (exact) mass is 578 g/mol. The predicted octanol–water partition coefficient (Wildman–Crippen LogP) is 5.19. The molecule has 214 valence electrons. The van der Waals surface area contributed by atoms with Gasteiger partial charge in [-0.3, -0.25) is 28.7 Å². The summed E-state index contributed by atoms with van der Waals surface area (Å²) in [5, 5.41) is 3.29. The number of benzene rings is 2. The molecule has 43 heavy (non-hydrogen) atoms. The molecule has 0 bridgehead atoms. The third kappa shape index (κ3) is 5.72. The van der Waals surface area contributed by atoms with Crippen molar-refractivity contribution in [2.24, 2.45) is 4.99 Å². The highest BCUT2D eigenvalue weighted by Gasteiger charge is 2.25. The van der Waals surface area contributed by atoms with Crippen LogP contribution in [0.4, 0.5) is 14.5 Å². The third-order valence-corrected chi connectivity index (χ3v) is 7.39. The predicted molar refractivity (Wildman–Crippen MR) is 158 cm³/mol. The van der Waals surface area contributed by atoms with E-state index in [2.05, 4.69) is 15.3 Å². The van der Waals surface area contributed by atoms with Gasteiger partial charge in [0, 0.05) is 60.9 Å². The number of hydrogen-bond acceptors (Lipinski definition) is 6. The summed E-state index contributed by atoms with van der Waals surface area (Å²) in [6, 6.07) is 13.3. The Balaban J connectivity index is 1.18. The number of nitrogens with zero attached hydrogens (tertiary/aromatic N) is 3. The van der Waals surface area contributed by atoms with Crippen molar-refractivity contribution in [3.05, 3.63) is 123 Å². The highest BCUT2D eigenvalue weighted by molar-refractivity contribution is 6.26. The van der Waals surface area contributed by atoms with Gasteiger partial charge in [-0.15, -0.1) is 0 Å². The van der Waals surface area contributed by atoms with Gasteiger partial charge in [0.2, 0.25) is 5.91 Å². The van der Waals surface area contributed by atoms with Crippen molar-refractivity contribution in [3.8, 4) is 0 Å². The smallest absolute Gasteiger partial charge is 0.263 e. The second kappa shape index (κ2) is 11.5. The summed E-state index contributed by atoms with van der Waals surface area (Å²) in [6.45, 7) is -0.132. The van der Waals surface area contributed by atoms with Crippen LogP contribution in [0.15, 0.2) is 88.4 Å². The van der Waals surface area contributed by atoms with Crippen LogP contribution in [0.25, 0.3) is 16.6 Å². The summed E-state index contributed by atoms with van der Waals surface area (Å²) in [4.78, 5) is 60.3. The summed E-state index contributed by atoms with van der Waals surface area (Å²) in [6.07, 6.45) is 7.31. The molecular weight excluding hydrogens is 554 g/mol. The van der Waals surface area contributed by atoms with Crippen LogP contribution in [-0.4, -0.2) is 33.2 Å². The quantitative estimate of drug-likeness (QED) is 0.229. The molecule has 0 fully saturated rings. The lowest BCUT2D eigenvalue weighted by molar-refractivity contribution is -0.116. The highest BCUT2D eigenvalue weighted by Crippen LogP contribution is 2.33. The van der Waals surface area contributed by atoms with E-state index >= 15 is 0 Å². The standard InChI is InChI=1S/C33H24F2N4O4/c34-27-6-3-20(13-28(27)35)18-39-32-22(2-1-10-37-32)14-26(33(39)43)29(40)7-8-31(42)38-23-5-4-21-15-30(41)25(24(21)16-23)12-19-9-11-36-17-19/h1-6,10-14,16-17H,7-9,15,18H2,(H,38,42)/b25-12-. The van der Waals surface area contributed by atoms with E-state index in [1.807, 2.05) is 6.08 Å². The zero-order valence-electron chi connectivity index (χ0n) is 22.8. The van der Waals surface area contributed by atoms with E-state index in [0.29, 0.717) is 28.6 Å². The molecule has 1 aliphatic carbocycles. The number of aromatic nitrogens is 2. The number of halogens is 2. The number of carbonyl (C=O) groups is 3. The topological polar surface area (TPSA) is 110 Å². The molecule has 0 radical (unpaired) electrons. The number of aliphatic imine (C=N–C) groups is 1. The Morgan fingerprint density at radius 3 is 2.65 bits per heavy atom. The maximum Gasteiger partial charge on any atom is 0.263 e. The molecule has 1 N–H and O–H groups in total. The number of fused-ring (bicyclic) bond motifs is 2. The minimum atomic E-state index is -1.05. The Labute approximate surface area is 244 Å². The van der Waals surface area contributed by atoms with Crippen LogP contribution in [0.2, 0.25) is 0 Å². The number of nitrogens with one attached hydrogen (secondary N) is 1. The van der Waals surface area contributed by atoms with Crippen molar-refractivity contribution in [1.29, 1.82) is 0 Å². The first-order valence-corrected chi connectivity index (χ1v) is 13.6. The van der Waals surface area contributed by atoms with Gasteiger partial charge in [-0.2, -0.15) is 0 Å². The fraction of sp³-hybridized carbons (Fsp3) is 0.152. The number of rotatable bonds is 8. The van der Waals surface area contributed by atoms with Crippen LogP contribution in [0, 0.1) is 11.6 Å². The Morgan fingerprint density at radius 2 is 1.86 bits per heavy atom. The second-order valence-corrected chi connectivity index (χ2v) is 10.4. The lowest BCUT2D eigenvalue weighted by Crippen LogP contribution is -2.28. The molecule has 0 saturated heterocycles. The molecule has 10 heteroatoms. The fourth-order valence-corrected chi connectivity index (χ4v) is 5.24. The van der Waals surface area contributed by atoms with Crippen LogP contribution in [0.1, 0.15) is 46.3 Å². The van der Waals surface area contributed by atoms with Gasteiger partial charge < -0.3 is 5.32 Å². The molecule has 0 saturated carbocycles. The molecule has 1 aliphatic heterocycles. The van der Waals surface area contributed by atoms with E-state index in [4.69, 9.17) is 0 Å². The molecule has 0 spiro atoms. The Morgan fingerprint density at radius 1 is 1.00 bits per heavy atom. The largest absolute Gasteiger partial charge is 0.326 e. The zero-order valence-corrected chi connectivity index (χ0v) is 22.8. The van der Waals surface area contributed by atoms with Crippen molar-refractivity contribution in [2.75, 3.05) is 5.32 Å². The average molecular weight is 579 g/mol. The molecule has 3 heterocycles. The number of pyridine rings is 2. The number of Topliss-reactive ketones (excluding diaryl/α,β-unsaturated/α-hetero) is 2. The minimum absolute atomic E-state index is 0.00215. The van der Waals surface area contributed by atoms with E-state index < -0.39 is 28.9 Å². The van der Waals surface area contributed by atoms with E-state index in [-0.39, 0.29) is 42.8 Å². The Hall–Kier alpha value is -5.38. The molecule has 1 amide bonds. The SMILES string of the molecule is O=C(CCC(=O)c1cc2cccnc2n(Cc2ccc(F)c(F)c2)c1=O)Nc1ccc2c(c1)/C(=C/C1=CN=CC1)C(=O)C2. The van der Waals surface area contributed by atoms with Gasteiger partial charge in [0.1, 0.15) is 5.65 Å².